The molecule has 1 aromatic carbocycles. The lowest BCUT2D eigenvalue weighted by atomic mass is 10.1. The zero-order valence-electron chi connectivity index (χ0n) is 16.8. The summed E-state index contributed by atoms with van der Waals surface area (Å²) in [4.78, 5) is 4.38. The maximum absolute atomic E-state index is 13.2. The Bertz CT molecular complexity index is 1090. The van der Waals surface area contributed by atoms with Crippen molar-refractivity contribution < 1.29 is 9.13 Å². The number of methoxy groups -OCH3 is 1. The highest BCUT2D eigenvalue weighted by Gasteiger charge is 2.12. The number of rotatable bonds is 6. The minimum Gasteiger partial charge on any atom is -0.380 e. The van der Waals surface area contributed by atoms with Crippen LogP contribution in [0, 0.1) is 37.9 Å². The third-order valence-electron chi connectivity index (χ3n) is 4.57. The van der Waals surface area contributed by atoms with Crippen LogP contribution in [-0.4, -0.2) is 22.9 Å². The van der Waals surface area contributed by atoms with Crippen LogP contribution in [0.4, 0.5) is 10.2 Å². The molecule has 3 aromatic rings. The molecule has 0 radical (unpaired) electrons. The Balaban J connectivity index is 1.88. The number of benzene rings is 1. The van der Waals surface area contributed by atoms with E-state index in [4.69, 9.17) is 4.74 Å². The smallest absolute Gasteiger partial charge is 0.164 e. The van der Waals surface area contributed by atoms with Crippen molar-refractivity contribution in [3.8, 4) is 11.8 Å². The molecular formula is C22H22FN5O. The van der Waals surface area contributed by atoms with Gasteiger partial charge in [-0.2, -0.15) is 10.4 Å². The van der Waals surface area contributed by atoms with Crippen molar-refractivity contribution in [2.24, 2.45) is 5.10 Å². The van der Waals surface area contributed by atoms with Crippen molar-refractivity contribution in [3.05, 3.63) is 76.0 Å². The summed E-state index contributed by atoms with van der Waals surface area (Å²) in [5, 5.41) is 13.8. The van der Waals surface area contributed by atoms with Gasteiger partial charge in [-0.1, -0.05) is 0 Å². The molecule has 0 aliphatic rings. The van der Waals surface area contributed by atoms with Gasteiger partial charge < -0.3 is 9.30 Å². The summed E-state index contributed by atoms with van der Waals surface area (Å²) >= 11 is 0. The Morgan fingerprint density at radius 3 is 2.62 bits per heavy atom. The summed E-state index contributed by atoms with van der Waals surface area (Å²) in [7, 11) is 1.58. The van der Waals surface area contributed by atoms with E-state index in [1.807, 2.05) is 37.5 Å². The number of anilines is 1. The van der Waals surface area contributed by atoms with Gasteiger partial charge in [0.05, 0.1) is 12.8 Å². The number of nitriles is 1. The average Bonchev–Trinajstić information content (AvgIpc) is 2.96. The Labute approximate surface area is 169 Å². The lowest BCUT2D eigenvalue weighted by Gasteiger charge is -2.10. The largest absolute Gasteiger partial charge is 0.380 e. The molecule has 0 saturated heterocycles. The number of nitrogens with one attached hydrogen (secondary N) is 1. The number of hydrazone groups is 1. The lowest BCUT2D eigenvalue weighted by Crippen LogP contribution is -2.04. The molecule has 0 atom stereocenters. The van der Waals surface area contributed by atoms with Gasteiger partial charge in [-0.15, -0.1) is 0 Å². The Morgan fingerprint density at radius 2 is 1.97 bits per heavy atom. The molecule has 2 heterocycles. The summed E-state index contributed by atoms with van der Waals surface area (Å²) in [6.07, 6.45) is 1.68. The molecule has 148 valence electrons. The number of hydrogen-bond acceptors (Lipinski definition) is 5. The number of halogens is 1. The fourth-order valence-electron chi connectivity index (χ4n) is 3.28. The zero-order valence-corrected chi connectivity index (χ0v) is 16.8. The van der Waals surface area contributed by atoms with E-state index in [9.17, 15) is 9.65 Å². The fourth-order valence-corrected chi connectivity index (χ4v) is 3.28. The van der Waals surface area contributed by atoms with Crippen molar-refractivity contribution in [2.45, 2.75) is 27.4 Å². The van der Waals surface area contributed by atoms with E-state index in [-0.39, 0.29) is 5.82 Å². The molecule has 1 N–H and O–H groups in total. The standard InChI is InChI=1S/C22H22FN5O/c1-14-9-18(13-29-4)21(11-24)22(26-14)27-25-12-17-10-15(2)28(16(17)3)20-7-5-19(23)6-8-20/h5-10,12H,13H2,1-4H3,(H,26,27)/b25-12-. The molecule has 0 unspecified atom stereocenters. The van der Waals surface area contributed by atoms with Crippen LogP contribution < -0.4 is 5.43 Å². The van der Waals surface area contributed by atoms with Gasteiger partial charge in [-0.3, -0.25) is 5.43 Å². The second-order valence-electron chi connectivity index (χ2n) is 6.70. The van der Waals surface area contributed by atoms with Crippen LogP contribution in [0.15, 0.2) is 41.5 Å². The Morgan fingerprint density at radius 1 is 1.24 bits per heavy atom. The monoisotopic (exact) mass is 391 g/mol. The van der Waals surface area contributed by atoms with Gasteiger partial charge in [0.15, 0.2) is 5.82 Å². The van der Waals surface area contributed by atoms with E-state index in [0.29, 0.717) is 18.0 Å². The molecule has 0 fully saturated rings. The van der Waals surface area contributed by atoms with Crippen molar-refractivity contribution >= 4 is 12.0 Å². The SMILES string of the molecule is COCc1cc(C)nc(N/N=C\c2cc(C)n(-c3ccc(F)cc3)c2C)c1C#N. The Hall–Kier alpha value is -3.50. The summed E-state index contributed by atoms with van der Waals surface area (Å²) in [6.45, 7) is 6.13. The van der Waals surface area contributed by atoms with Gasteiger partial charge in [-0.25, -0.2) is 9.37 Å². The van der Waals surface area contributed by atoms with E-state index < -0.39 is 0 Å². The van der Waals surface area contributed by atoms with Crippen molar-refractivity contribution in [1.82, 2.24) is 9.55 Å². The summed E-state index contributed by atoms with van der Waals surface area (Å²) in [6, 6.07) is 12.3. The number of ether oxygens (including phenoxy) is 1. The second-order valence-corrected chi connectivity index (χ2v) is 6.70. The number of aryl methyl sites for hydroxylation is 2. The van der Waals surface area contributed by atoms with Gasteiger partial charge in [0.25, 0.3) is 0 Å². The number of aromatic nitrogens is 2. The molecule has 0 aliphatic heterocycles. The van der Waals surface area contributed by atoms with Gasteiger partial charge in [0.2, 0.25) is 0 Å². The first-order valence-corrected chi connectivity index (χ1v) is 9.08. The number of nitrogens with zero attached hydrogens (tertiary/aromatic N) is 4. The van der Waals surface area contributed by atoms with Crippen LogP contribution in [-0.2, 0) is 11.3 Å². The molecule has 3 rings (SSSR count). The highest BCUT2D eigenvalue weighted by atomic mass is 19.1. The molecule has 0 bridgehead atoms. The van der Waals surface area contributed by atoms with E-state index in [2.05, 4.69) is 21.6 Å². The maximum atomic E-state index is 13.2. The first kappa shape index (κ1) is 20.2. The van der Waals surface area contributed by atoms with Crippen LogP contribution in [0.2, 0.25) is 0 Å². The van der Waals surface area contributed by atoms with Gasteiger partial charge in [0.1, 0.15) is 17.4 Å². The summed E-state index contributed by atoms with van der Waals surface area (Å²) < 4.78 is 20.4. The van der Waals surface area contributed by atoms with Crippen LogP contribution in [0.25, 0.3) is 5.69 Å². The first-order valence-electron chi connectivity index (χ1n) is 9.08. The third kappa shape index (κ3) is 4.33. The van der Waals surface area contributed by atoms with Crippen LogP contribution in [0.5, 0.6) is 0 Å². The maximum Gasteiger partial charge on any atom is 0.164 e. The van der Waals surface area contributed by atoms with Crippen LogP contribution in [0.3, 0.4) is 0 Å². The van der Waals surface area contributed by atoms with Gasteiger partial charge in [-0.05, 0) is 57.2 Å². The van der Waals surface area contributed by atoms with E-state index in [1.54, 1.807) is 25.5 Å². The van der Waals surface area contributed by atoms with Gasteiger partial charge >= 0.3 is 0 Å². The molecule has 0 aliphatic carbocycles. The second kappa shape index (κ2) is 8.67. The topological polar surface area (TPSA) is 75.2 Å². The highest BCUT2D eigenvalue weighted by Crippen LogP contribution is 2.21. The van der Waals surface area contributed by atoms with Crippen LogP contribution >= 0.6 is 0 Å². The van der Waals surface area contributed by atoms with E-state index >= 15 is 0 Å². The summed E-state index contributed by atoms with van der Waals surface area (Å²) in [5.74, 6) is 0.122. The Kier molecular flexibility index (Phi) is 6.05. The predicted molar refractivity (Wildman–Crippen MR) is 111 cm³/mol. The number of pyridine rings is 1. The van der Waals surface area contributed by atoms with Crippen molar-refractivity contribution in [1.29, 1.82) is 5.26 Å². The van der Waals surface area contributed by atoms with E-state index in [1.165, 1.54) is 12.1 Å². The molecule has 0 spiro atoms. The average molecular weight is 391 g/mol. The lowest BCUT2D eigenvalue weighted by molar-refractivity contribution is 0.184. The van der Waals surface area contributed by atoms with Crippen LogP contribution in [0.1, 0.15) is 33.8 Å². The van der Waals surface area contributed by atoms with Crippen molar-refractivity contribution in [2.75, 3.05) is 12.5 Å². The van der Waals surface area contributed by atoms with Crippen molar-refractivity contribution in [3.63, 3.8) is 0 Å². The molecular weight excluding hydrogens is 369 g/mol. The quantitative estimate of drug-likeness (QED) is 0.499. The fraction of sp³-hybridized carbons (Fsp3) is 0.227. The normalized spacial score (nSPS) is 11.0. The summed E-state index contributed by atoms with van der Waals surface area (Å²) in [5.41, 5.74) is 8.57. The minimum atomic E-state index is -0.269. The third-order valence-corrected chi connectivity index (χ3v) is 4.57. The minimum absolute atomic E-state index is 0.269. The molecule has 0 saturated carbocycles. The molecule has 29 heavy (non-hydrogen) atoms. The van der Waals surface area contributed by atoms with Gasteiger partial charge in [0, 0.05) is 41.0 Å². The zero-order chi connectivity index (χ0) is 21.0. The highest BCUT2D eigenvalue weighted by molar-refractivity contribution is 5.82. The molecule has 0 amide bonds. The first-order chi connectivity index (χ1) is 13.9. The molecule has 7 heteroatoms. The number of hydrogen-bond donors (Lipinski definition) is 1. The molecule has 2 aromatic heterocycles. The predicted octanol–water partition coefficient (Wildman–Crippen LogP) is 4.40. The molecule has 6 nitrogen and oxygen atoms in total. The van der Waals surface area contributed by atoms with E-state index in [0.717, 1.165) is 33.9 Å².